The summed E-state index contributed by atoms with van der Waals surface area (Å²) in [6.07, 6.45) is 5.12. The molecule has 3 rings (SSSR count). The molecule has 1 amide bonds. The quantitative estimate of drug-likeness (QED) is 0.820. The summed E-state index contributed by atoms with van der Waals surface area (Å²) in [6.45, 7) is 0.878. The van der Waals surface area contributed by atoms with Crippen molar-refractivity contribution < 1.29 is 9.90 Å². The van der Waals surface area contributed by atoms with Crippen molar-refractivity contribution in [3.8, 4) is 0 Å². The van der Waals surface area contributed by atoms with Crippen LogP contribution < -0.4 is 0 Å². The summed E-state index contributed by atoms with van der Waals surface area (Å²) in [6, 6.07) is 13.8. The van der Waals surface area contributed by atoms with Gasteiger partial charge in [0.2, 0.25) is 5.91 Å². The smallest absolute Gasteiger partial charge is 0.226 e. The molecule has 4 heteroatoms. The molecule has 0 aliphatic heterocycles. The molecule has 0 fully saturated rings. The standard InChI is InChI=1S/C19H21NO2S/c21-17(18-11-6-12-23-18)14-20(13-15-7-2-1-3-8-15)19(22)16-9-4-5-10-16/h1-8,11-12,16-17,21H,9-10,13-14H2. The molecule has 1 unspecified atom stereocenters. The van der Waals surface area contributed by atoms with Gasteiger partial charge in [-0.05, 0) is 29.9 Å². The predicted octanol–water partition coefficient (Wildman–Crippen LogP) is 3.78. The minimum Gasteiger partial charge on any atom is -0.386 e. The Labute approximate surface area is 140 Å². The third-order valence-corrected chi connectivity index (χ3v) is 5.12. The van der Waals surface area contributed by atoms with Crippen molar-refractivity contribution in [1.29, 1.82) is 0 Å². The number of allylic oxidation sites excluding steroid dienone is 2. The third kappa shape index (κ3) is 4.09. The van der Waals surface area contributed by atoms with E-state index in [4.69, 9.17) is 0 Å². The number of amides is 1. The Balaban J connectivity index is 1.73. The van der Waals surface area contributed by atoms with Crippen LogP contribution in [0.25, 0.3) is 0 Å². The van der Waals surface area contributed by atoms with Gasteiger partial charge in [-0.15, -0.1) is 11.3 Å². The molecule has 0 saturated heterocycles. The number of thiophene rings is 1. The molecule has 1 N–H and O–H groups in total. The van der Waals surface area contributed by atoms with Crippen LogP contribution in [0, 0.1) is 5.92 Å². The Bertz CT molecular complexity index is 643. The van der Waals surface area contributed by atoms with Crippen molar-refractivity contribution >= 4 is 17.2 Å². The molecule has 0 spiro atoms. The fourth-order valence-corrected chi connectivity index (χ4v) is 3.60. The lowest BCUT2D eigenvalue weighted by molar-refractivity contribution is -0.137. The van der Waals surface area contributed by atoms with Gasteiger partial charge in [0.05, 0.1) is 6.54 Å². The zero-order valence-electron chi connectivity index (χ0n) is 13.0. The van der Waals surface area contributed by atoms with E-state index in [2.05, 4.69) is 12.2 Å². The number of hydrogen-bond acceptors (Lipinski definition) is 3. The van der Waals surface area contributed by atoms with Gasteiger partial charge in [0.25, 0.3) is 0 Å². The molecule has 120 valence electrons. The Morgan fingerprint density at radius 3 is 2.57 bits per heavy atom. The second-order valence-corrected chi connectivity index (χ2v) is 6.85. The summed E-state index contributed by atoms with van der Waals surface area (Å²) >= 11 is 1.52. The first-order valence-corrected chi connectivity index (χ1v) is 8.81. The predicted molar refractivity (Wildman–Crippen MR) is 93.0 cm³/mol. The van der Waals surface area contributed by atoms with Crippen molar-refractivity contribution in [2.75, 3.05) is 6.54 Å². The van der Waals surface area contributed by atoms with Crippen molar-refractivity contribution in [2.24, 2.45) is 5.92 Å². The fourth-order valence-electron chi connectivity index (χ4n) is 2.89. The summed E-state index contributed by atoms with van der Waals surface area (Å²) < 4.78 is 0. The second-order valence-electron chi connectivity index (χ2n) is 5.88. The summed E-state index contributed by atoms with van der Waals surface area (Å²) in [7, 11) is 0. The van der Waals surface area contributed by atoms with E-state index in [9.17, 15) is 9.90 Å². The molecule has 0 radical (unpaired) electrons. The summed E-state index contributed by atoms with van der Waals surface area (Å²) in [5.74, 6) is 0.156. The molecule has 1 aromatic carbocycles. The van der Waals surface area contributed by atoms with Gasteiger partial charge in [-0.3, -0.25) is 4.79 Å². The van der Waals surface area contributed by atoms with Crippen LogP contribution in [0.4, 0.5) is 0 Å². The van der Waals surface area contributed by atoms with Crippen LogP contribution in [-0.2, 0) is 11.3 Å². The first-order valence-electron chi connectivity index (χ1n) is 7.93. The van der Waals surface area contributed by atoms with Crippen molar-refractivity contribution in [3.05, 3.63) is 70.4 Å². The molecule has 0 saturated carbocycles. The Hall–Kier alpha value is -1.91. The van der Waals surface area contributed by atoms with Crippen molar-refractivity contribution in [1.82, 2.24) is 4.90 Å². The maximum atomic E-state index is 12.8. The lowest BCUT2D eigenvalue weighted by Crippen LogP contribution is -2.37. The minimum absolute atomic E-state index is 0.0225. The highest BCUT2D eigenvalue weighted by Crippen LogP contribution is 2.25. The summed E-state index contributed by atoms with van der Waals surface area (Å²) in [5, 5.41) is 12.4. The number of aliphatic hydroxyl groups is 1. The van der Waals surface area contributed by atoms with Gasteiger partial charge >= 0.3 is 0 Å². The number of rotatable bonds is 6. The van der Waals surface area contributed by atoms with Gasteiger partial charge in [-0.1, -0.05) is 48.6 Å². The van der Waals surface area contributed by atoms with Crippen molar-refractivity contribution in [2.45, 2.75) is 25.5 Å². The van der Waals surface area contributed by atoms with E-state index in [1.54, 1.807) is 4.90 Å². The average Bonchev–Trinajstić information content (AvgIpc) is 3.27. The van der Waals surface area contributed by atoms with Gasteiger partial charge in [0.15, 0.2) is 0 Å². The average molecular weight is 327 g/mol. The molecule has 1 atom stereocenters. The normalized spacial score (nSPS) is 15.7. The highest BCUT2D eigenvalue weighted by Gasteiger charge is 2.27. The Kier molecular flexibility index (Phi) is 5.26. The van der Waals surface area contributed by atoms with Crippen LogP contribution in [0.3, 0.4) is 0 Å². The molecule has 23 heavy (non-hydrogen) atoms. The zero-order valence-corrected chi connectivity index (χ0v) is 13.8. The molecule has 1 heterocycles. The Morgan fingerprint density at radius 2 is 1.91 bits per heavy atom. The number of aliphatic hydroxyl groups excluding tert-OH is 1. The molecule has 3 nitrogen and oxygen atoms in total. The number of benzene rings is 1. The first kappa shape index (κ1) is 16.0. The van der Waals surface area contributed by atoms with Crippen molar-refractivity contribution in [3.63, 3.8) is 0 Å². The van der Waals surface area contributed by atoms with E-state index < -0.39 is 6.10 Å². The maximum absolute atomic E-state index is 12.8. The van der Waals surface area contributed by atoms with Crippen LogP contribution in [0.2, 0.25) is 0 Å². The second kappa shape index (κ2) is 7.57. The fraction of sp³-hybridized carbons (Fsp3) is 0.316. The monoisotopic (exact) mass is 327 g/mol. The summed E-state index contributed by atoms with van der Waals surface area (Å²) in [4.78, 5) is 15.5. The third-order valence-electron chi connectivity index (χ3n) is 4.15. The van der Waals surface area contributed by atoms with Gasteiger partial charge in [0, 0.05) is 17.3 Å². The Morgan fingerprint density at radius 1 is 1.17 bits per heavy atom. The van der Waals surface area contributed by atoms with Gasteiger partial charge in [-0.2, -0.15) is 0 Å². The van der Waals surface area contributed by atoms with E-state index in [1.807, 2.05) is 47.8 Å². The largest absolute Gasteiger partial charge is 0.386 e. The zero-order chi connectivity index (χ0) is 16.1. The number of nitrogens with zero attached hydrogens (tertiary/aromatic N) is 1. The van der Waals surface area contributed by atoms with Crippen LogP contribution >= 0.6 is 11.3 Å². The molecular formula is C19H21NO2S. The molecule has 1 aromatic heterocycles. The SMILES string of the molecule is O=C(C1CC=CC1)N(Cc1ccccc1)CC(O)c1cccs1. The van der Waals surface area contributed by atoms with Crippen LogP contribution in [-0.4, -0.2) is 22.5 Å². The number of carbonyl (C=O) groups excluding carboxylic acids is 1. The van der Waals surface area contributed by atoms with Crippen LogP contribution in [0.5, 0.6) is 0 Å². The van der Waals surface area contributed by atoms with E-state index in [0.29, 0.717) is 13.1 Å². The van der Waals surface area contributed by atoms with Gasteiger partial charge in [-0.25, -0.2) is 0 Å². The van der Waals surface area contributed by atoms with Gasteiger partial charge in [0.1, 0.15) is 6.10 Å². The van der Waals surface area contributed by atoms with E-state index in [1.165, 1.54) is 11.3 Å². The van der Waals surface area contributed by atoms with Gasteiger partial charge < -0.3 is 10.0 Å². The molecular weight excluding hydrogens is 306 g/mol. The lowest BCUT2D eigenvalue weighted by Gasteiger charge is -2.28. The molecule has 1 aliphatic carbocycles. The highest BCUT2D eigenvalue weighted by molar-refractivity contribution is 7.10. The topological polar surface area (TPSA) is 40.5 Å². The molecule has 0 bridgehead atoms. The molecule has 1 aliphatic rings. The molecule has 2 aromatic rings. The van der Waals surface area contributed by atoms with Crippen LogP contribution in [0.15, 0.2) is 60.0 Å². The van der Waals surface area contributed by atoms with E-state index in [-0.39, 0.29) is 11.8 Å². The maximum Gasteiger partial charge on any atom is 0.226 e. The lowest BCUT2D eigenvalue weighted by atomic mass is 10.0. The van der Waals surface area contributed by atoms with Crippen LogP contribution in [0.1, 0.15) is 29.4 Å². The number of hydrogen-bond donors (Lipinski definition) is 1. The summed E-state index contributed by atoms with van der Waals surface area (Å²) in [5.41, 5.74) is 1.09. The minimum atomic E-state index is -0.628. The van der Waals surface area contributed by atoms with E-state index in [0.717, 1.165) is 23.3 Å². The number of carbonyl (C=O) groups is 1. The van der Waals surface area contributed by atoms with E-state index >= 15 is 0 Å². The first-order chi connectivity index (χ1) is 11.2. The highest BCUT2D eigenvalue weighted by atomic mass is 32.1.